The van der Waals surface area contributed by atoms with E-state index in [0.29, 0.717) is 35.0 Å². The van der Waals surface area contributed by atoms with Crippen LogP contribution < -0.4 is 14.9 Å². The van der Waals surface area contributed by atoms with Gasteiger partial charge in [0.05, 0.1) is 17.6 Å². The first-order valence-electron chi connectivity index (χ1n) is 9.31. The summed E-state index contributed by atoms with van der Waals surface area (Å²) in [5.74, 6) is -0.212. The number of halogens is 1. The van der Waals surface area contributed by atoms with Crippen molar-refractivity contribution in [3.63, 3.8) is 0 Å². The maximum atomic E-state index is 13.4. The van der Waals surface area contributed by atoms with Crippen LogP contribution in [0, 0.1) is 5.82 Å². The SMILES string of the molecule is CC(=O)c1nnc(Nc2ccc(N(C)S(C)(=O)=O)cc2)cc1NCc1cccc(F)c1. The van der Waals surface area contributed by atoms with Crippen LogP contribution in [0.1, 0.15) is 23.0 Å². The Labute approximate surface area is 180 Å². The molecule has 0 unspecified atom stereocenters. The highest BCUT2D eigenvalue weighted by Crippen LogP contribution is 2.24. The normalized spacial score (nSPS) is 11.1. The fourth-order valence-electron chi connectivity index (χ4n) is 2.79. The molecule has 1 aromatic heterocycles. The van der Waals surface area contributed by atoms with Crippen molar-refractivity contribution in [3.05, 3.63) is 71.7 Å². The topological polar surface area (TPSA) is 104 Å². The predicted molar refractivity (Wildman–Crippen MR) is 119 cm³/mol. The van der Waals surface area contributed by atoms with Gasteiger partial charge in [0.15, 0.2) is 17.3 Å². The molecule has 0 aliphatic rings. The van der Waals surface area contributed by atoms with Crippen molar-refractivity contribution in [2.45, 2.75) is 13.5 Å². The molecule has 162 valence electrons. The molecule has 0 fully saturated rings. The fourth-order valence-corrected chi connectivity index (χ4v) is 3.29. The highest BCUT2D eigenvalue weighted by atomic mass is 32.2. The first kappa shape index (κ1) is 22.2. The lowest BCUT2D eigenvalue weighted by atomic mass is 10.2. The third kappa shape index (κ3) is 5.76. The van der Waals surface area contributed by atoms with Gasteiger partial charge in [-0.15, -0.1) is 10.2 Å². The number of rotatable bonds is 8. The molecule has 2 N–H and O–H groups in total. The van der Waals surface area contributed by atoms with Crippen LogP contribution in [0.4, 0.5) is 27.3 Å². The minimum atomic E-state index is -3.35. The van der Waals surface area contributed by atoms with Crippen LogP contribution in [-0.4, -0.2) is 37.7 Å². The third-order valence-electron chi connectivity index (χ3n) is 4.50. The number of ketones is 1. The van der Waals surface area contributed by atoms with E-state index in [-0.39, 0.29) is 17.3 Å². The third-order valence-corrected chi connectivity index (χ3v) is 5.71. The molecule has 0 amide bonds. The van der Waals surface area contributed by atoms with Crippen LogP contribution >= 0.6 is 0 Å². The molecule has 8 nitrogen and oxygen atoms in total. The predicted octanol–water partition coefficient (Wildman–Crippen LogP) is 3.57. The molecular formula is C21H22FN5O3S. The van der Waals surface area contributed by atoms with Crippen LogP contribution in [0.3, 0.4) is 0 Å². The van der Waals surface area contributed by atoms with Crippen molar-refractivity contribution >= 4 is 38.7 Å². The Morgan fingerprint density at radius 1 is 1.10 bits per heavy atom. The Bertz CT molecular complexity index is 1200. The maximum Gasteiger partial charge on any atom is 0.231 e. The first-order chi connectivity index (χ1) is 14.6. The van der Waals surface area contributed by atoms with Crippen molar-refractivity contribution in [1.82, 2.24) is 10.2 Å². The van der Waals surface area contributed by atoms with E-state index < -0.39 is 10.0 Å². The van der Waals surface area contributed by atoms with Crippen LogP contribution in [-0.2, 0) is 16.6 Å². The molecule has 0 spiro atoms. The largest absolute Gasteiger partial charge is 0.379 e. The molecule has 0 aliphatic carbocycles. The van der Waals surface area contributed by atoms with Crippen molar-refractivity contribution < 1.29 is 17.6 Å². The molecule has 0 radical (unpaired) electrons. The number of nitrogens with one attached hydrogen (secondary N) is 2. The van der Waals surface area contributed by atoms with Crippen molar-refractivity contribution in [2.24, 2.45) is 0 Å². The molecular weight excluding hydrogens is 421 g/mol. The zero-order valence-electron chi connectivity index (χ0n) is 17.3. The van der Waals surface area contributed by atoms with Gasteiger partial charge in [0.1, 0.15) is 5.82 Å². The molecule has 31 heavy (non-hydrogen) atoms. The van der Waals surface area contributed by atoms with Gasteiger partial charge in [-0.1, -0.05) is 12.1 Å². The molecule has 0 saturated heterocycles. The number of hydrogen-bond acceptors (Lipinski definition) is 7. The van der Waals surface area contributed by atoms with E-state index in [0.717, 1.165) is 6.26 Å². The quantitative estimate of drug-likeness (QED) is 0.513. The summed E-state index contributed by atoms with van der Waals surface area (Å²) in [5, 5.41) is 14.2. The molecule has 2 aromatic carbocycles. The van der Waals surface area contributed by atoms with Crippen LogP contribution in [0.15, 0.2) is 54.6 Å². The van der Waals surface area contributed by atoms with Gasteiger partial charge in [-0.05, 0) is 42.0 Å². The molecule has 0 atom stereocenters. The average Bonchev–Trinajstić information content (AvgIpc) is 2.71. The number of nitrogens with zero attached hydrogens (tertiary/aromatic N) is 3. The fraction of sp³-hybridized carbons (Fsp3) is 0.190. The average molecular weight is 444 g/mol. The van der Waals surface area contributed by atoms with Crippen molar-refractivity contribution in [3.8, 4) is 0 Å². The van der Waals surface area contributed by atoms with E-state index >= 15 is 0 Å². The van der Waals surface area contributed by atoms with Gasteiger partial charge in [0, 0.05) is 32.3 Å². The second-order valence-corrected chi connectivity index (χ2v) is 8.95. The lowest BCUT2D eigenvalue weighted by Crippen LogP contribution is -2.24. The summed E-state index contributed by atoms with van der Waals surface area (Å²) in [6.07, 6.45) is 1.13. The summed E-state index contributed by atoms with van der Waals surface area (Å²) in [5.41, 5.74) is 2.52. The highest BCUT2D eigenvalue weighted by molar-refractivity contribution is 7.92. The number of aromatic nitrogens is 2. The number of benzene rings is 2. The summed E-state index contributed by atoms with van der Waals surface area (Å²) < 4.78 is 37.9. The number of hydrogen-bond donors (Lipinski definition) is 2. The Morgan fingerprint density at radius 2 is 1.81 bits per heavy atom. The van der Waals surface area contributed by atoms with Gasteiger partial charge >= 0.3 is 0 Å². The molecule has 0 saturated carbocycles. The van der Waals surface area contributed by atoms with Crippen LogP contribution in [0.2, 0.25) is 0 Å². The molecule has 0 bridgehead atoms. The van der Waals surface area contributed by atoms with Gasteiger partial charge in [-0.25, -0.2) is 12.8 Å². The monoisotopic (exact) mass is 443 g/mol. The summed E-state index contributed by atoms with van der Waals surface area (Å²) >= 11 is 0. The van der Waals surface area contributed by atoms with Crippen LogP contribution in [0.5, 0.6) is 0 Å². The number of Topliss-reactive ketones (excluding diaryl/α,β-unsaturated/α-hetero) is 1. The van der Waals surface area contributed by atoms with E-state index in [2.05, 4.69) is 20.8 Å². The van der Waals surface area contributed by atoms with E-state index in [1.54, 1.807) is 42.5 Å². The lowest BCUT2D eigenvalue weighted by molar-refractivity contribution is 0.101. The van der Waals surface area contributed by atoms with E-state index in [1.165, 1.54) is 30.4 Å². The Morgan fingerprint density at radius 3 is 2.42 bits per heavy atom. The van der Waals surface area contributed by atoms with Crippen molar-refractivity contribution in [1.29, 1.82) is 0 Å². The molecule has 1 heterocycles. The second-order valence-electron chi connectivity index (χ2n) is 6.93. The Balaban J connectivity index is 1.79. The first-order valence-corrected chi connectivity index (χ1v) is 11.2. The maximum absolute atomic E-state index is 13.4. The molecule has 3 rings (SSSR count). The van der Waals surface area contributed by atoms with Gasteiger partial charge in [-0.2, -0.15) is 0 Å². The van der Waals surface area contributed by atoms with Gasteiger partial charge < -0.3 is 10.6 Å². The van der Waals surface area contributed by atoms with Gasteiger partial charge in [0.2, 0.25) is 10.0 Å². The molecule has 10 heteroatoms. The van der Waals surface area contributed by atoms with Crippen molar-refractivity contribution in [2.75, 3.05) is 28.2 Å². The number of carbonyl (C=O) groups excluding carboxylic acids is 1. The summed E-state index contributed by atoms with van der Waals surface area (Å²) in [6, 6.07) is 14.5. The lowest BCUT2D eigenvalue weighted by Gasteiger charge is -2.17. The van der Waals surface area contributed by atoms with Gasteiger partial charge in [0.25, 0.3) is 0 Å². The van der Waals surface area contributed by atoms with Crippen LogP contribution in [0.25, 0.3) is 0 Å². The smallest absolute Gasteiger partial charge is 0.231 e. The van der Waals surface area contributed by atoms with E-state index in [4.69, 9.17) is 0 Å². The summed E-state index contributed by atoms with van der Waals surface area (Å²) in [7, 11) is -1.88. The van der Waals surface area contributed by atoms with E-state index in [1.807, 2.05) is 0 Å². The highest BCUT2D eigenvalue weighted by Gasteiger charge is 2.13. The number of anilines is 4. The summed E-state index contributed by atoms with van der Waals surface area (Å²) in [6.45, 7) is 1.69. The zero-order valence-corrected chi connectivity index (χ0v) is 18.1. The standard InChI is InChI=1S/C21H22FN5O3S/c1-14(28)21-19(23-13-15-5-4-6-16(22)11-15)12-20(25-26-21)24-17-7-9-18(10-8-17)27(2)31(3,29)30/h4-12H,13H2,1-3H3,(H2,23,24,25). The Hall–Kier alpha value is -3.53. The molecule has 3 aromatic rings. The Kier molecular flexibility index (Phi) is 6.50. The van der Waals surface area contributed by atoms with E-state index in [9.17, 15) is 17.6 Å². The number of sulfonamides is 1. The minimum absolute atomic E-state index is 0.173. The zero-order chi connectivity index (χ0) is 22.6. The number of carbonyl (C=O) groups is 1. The minimum Gasteiger partial charge on any atom is -0.379 e. The van der Waals surface area contributed by atoms with Gasteiger partial charge in [-0.3, -0.25) is 9.10 Å². The summed E-state index contributed by atoms with van der Waals surface area (Å²) in [4.78, 5) is 11.9. The second kappa shape index (κ2) is 9.09. The molecule has 0 aliphatic heterocycles.